The van der Waals surface area contributed by atoms with Gasteiger partial charge in [0, 0.05) is 20.1 Å². The molecule has 4 nitrogen and oxygen atoms in total. The number of nitrogens with two attached hydrogens (primary N) is 1. The highest BCUT2D eigenvalue weighted by Gasteiger charge is 2.50. The van der Waals surface area contributed by atoms with Crippen LogP contribution in [0.4, 0.5) is 0 Å². The molecule has 1 rings (SSSR count). The van der Waals surface area contributed by atoms with Gasteiger partial charge < -0.3 is 15.7 Å². The van der Waals surface area contributed by atoms with Crippen LogP contribution < -0.4 is 5.73 Å². The summed E-state index contributed by atoms with van der Waals surface area (Å²) >= 11 is 0. The molecule has 82 valence electrons. The number of nitrogens with zero attached hydrogens (tertiary/aromatic N) is 1. The molecular formula is C10H20N2O2. The molecule has 0 heterocycles. The molecule has 14 heavy (non-hydrogen) atoms. The average Bonchev–Trinajstić information content (AvgIpc) is 2.80. The molecule has 0 unspecified atom stereocenters. The van der Waals surface area contributed by atoms with Crippen molar-refractivity contribution in [1.29, 1.82) is 0 Å². The Morgan fingerprint density at radius 3 is 2.36 bits per heavy atom. The van der Waals surface area contributed by atoms with Crippen molar-refractivity contribution in [1.82, 2.24) is 4.90 Å². The van der Waals surface area contributed by atoms with Gasteiger partial charge in [0.05, 0.1) is 11.0 Å². The van der Waals surface area contributed by atoms with E-state index in [1.54, 1.807) is 25.8 Å². The lowest BCUT2D eigenvalue weighted by Crippen LogP contribution is -2.44. The molecule has 1 saturated carbocycles. The van der Waals surface area contributed by atoms with E-state index in [1.165, 1.54) is 0 Å². The molecule has 0 spiro atoms. The van der Waals surface area contributed by atoms with Crippen LogP contribution in [0.1, 0.15) is 26.7 Å². The summed E-state index contributed by atoms with van der Waals surface area (Å²) in [7, 11) is 1.72. The maximum Gasteiger partial charge on any atom is 0.229 e. The number of aliphatic hydroxyl groups is 1. The van der Waals surface area contributed by atoms with Gasteiger partial charge in [0.2, 0.25) is 5.91 Å². The molecule has 0 atom stereocenters. The van der Waals surface area contributed by atoms with Gasteiger partial charge in [-0.1, -0.05) is 0 Å². The molecule has 0 radical (unpaired) electrons. The van der Waals surface area contributed by atoms with Gasteiger partial charge in [-0.05, 0) is 26.7 Å². The number of likely N-dealkylation sites (N-methyl/N-ethyl adjacent to an activating group) is 1. The SMILES string of the molecule is CN(CC(C)(C)O)C(=O)C1(CN)CC1. The van der Waals surface area contributed by atoms with E-state index in [4.69, 9.17) is 5.73 Å². The highest BCUT2D eigenvalue weighted by molar-refractivity contribution is 5.85. The Hall–Kier alpha value is -0.610. The van der Waals surface area contributed by atoms with E-state index in [0.717, 1.165) is 12.8 Å². The van der Waals surface area contributed by atoms with E-state index in [-0.39, 0.29) is 11.3 Å². The van der Waals surface area contributed by atoms with Crippen molar-refractivity contribution in [2.75, 3.05) is 20.1 Å². The largest absolute Gasteiger partial charge is 0.389 e. The quantitative estimate of drug-likeness (QED) is 0.669. The summed E-state index contributed by atoms with van der Waals surface area (Å²) < 4.78 is 0. The van der Waals surface area contributed by atoms with Crippen molar-refractivity contribution in [3.8, 4) is 0 Å². The summed E-state index contributed by atoms with van der Waals surface area (Å²) in [6.45, 7) is 4.16. The number of amides is 1. The lowest BCUT2D eigenvalue weighted by molar-refractivity contribution is -0.138. The summed E-state index contributed by atoms with van der Waals surface area (Å²) in [5, 5.41) is 9.57. The summed E-state index contributed by atoms with van der Waals surface area (Å²) in [4.78, 5) is 13.5. The average molecular weight is 200 g/mol. The number of carbonyl (C=O) groups excluding carboxylic acids is 1. The molecule has 1 aliphatic carbocycles. The van der Waals surface area contributed by atoms with Crippen LogP contribution in [0, 0.1) is 5.41 Å². The third kappa shape index (κ3) is 2.45. The Bertz CT molecular complexity index is 229. The zero-order chi connectivity index (χ0) is 11.0. The van der Waals surface area contributed by atoms with Gasteiger partial charge >= 0.3 is 0 Å². The van der Waals surface area contributed by atoms with Gasteiger partial charge in [0.1, 0.15) is 0 Å². The predicted molar refractivity (Wildman–Crippen MR) is 54.7 cm³/mol. The van der Waals surface area contributed by atoms with Crippen molar-refractivity contribution in [3.63, 3.8) is 0 Å². The van der Waals surface area contributed by atoms with Crippen LogP contribution in [0.2, 0.25) is 0 Å². The Labute approximate surface area is 85.1 Å². The second-order valence-corrected chi connectivity index (χ2v) is 4.96. The second-order valence-electron chi connectivity index (χ2n) is 4.96. The van der Waals surface area contributed by atoms with E-state index >= 15 is 0 Å². The molecule has 0 aromatic heterocycles. The lowest BCUT2D eigenvalue weighted by atomic mass is 10.0. The van der Waals surface area contributed by atoms with E-state index in [1.807, 2.05) is 0 Å². The molecule has 0 saturated heterocycles. The highest BCUT2D eigenvalue weighted by atomic mass is 16.3. The van der Waals surface area contributed by atoms with Crippen LogP contribution in [0.5, 0.6) is 0 Å². The zero-order valence-electron chi connectivity index (χ0n) is 9.21. The fraction of sp³-hybridized carbons (Fsp3) is 0.900. The van der Waals surface area contributed by atoms with Crippen LogP contribution in [-0.4, -0.2) is 41.7 Å². The Balaban J connectivity index is 2.53. The molecule has 1 fully saturated rings. The lowest BCUT2D eigenvalue weighted by Gasteiger charge is -2.28. The van der Waals surface area contributed by atoms with Gasteiger partial charge in [-0.2, -0.15) is 0 Å². The van der Waals surface area contributed by atoms with Crippen LogP contribution in [0.3, 0.4) is 0 Å². The first-order valence-corrected chi connectivity index (χ1v) is 4.99. The minimum atomic E-state index is -0.838. The Morgan fingerprint density at radius 2 is 2.07 bits per heavy atom. The first-order chi connectivity index (χ1) is 6.31. The first-order valence-electron chi connectivity index (χ1n) is 4.99. The first kappa shape index (κ1) is 11.5. The van der Waals surface area contributed by atoms with Crippen molar-refractivity contribution in [2.45, 2.75) is 32.3 Å². The van der Waals surface area contributed by atoms with E-state index < -0.39 is 5.60 Å². The summed E-state index contributed by atoms with van der Waals surface area (Å²) in [5.41, 5.74) is 4.42. The summed E-state index contributed by atoms with van der Waals surface area (Å²) in [5.74, 6) is 0.0714. The summed E-state index contributed by atoms with van der Waals surface area (Å²) in [6, 6.07) is 0. The van der Waals surface area contributed by atoms with E-state index in [2.05, 4.69) is 0 Å². The van der Waals surface area contributed by atoms with Gasteiger partial charge in [-0.3, -0.25) is 4.79 Å². The summed E-state index contributed by atoms with van der Waals surface area (Å²) in [6.07, 6.45) is 1.77. The molecule has 0 aromatic carbocycles. The molecule has 3 N–H and O–H groups in total. The van der Waals surface area contributed by atoms with E-state index in [9.17, 15) is 9.90 Å². The fourth-order valence-corrected chi connectivity index (χ4v) is 1.71. The monoisotopic (exact) mass is 200 g/mol. The molecule has 0 aromatic rings. The molecule has 1 amide bonds. The third-order valence-corrected chi connectivity index (χ3v) is 2.67. The number of carbonyl (C=O) groups is 1. The normalized spacial score (nSPS) is 19.2. The molecule has 1 aliphatic rings. The van der Waals surface area contributed by atoms with Crippen LogP contribution in [0.25, 0.3) is 0 Å². The Morgan fingerprint density at radius 1 is 1.57 bits per heavy atom. The standard InChI is InChI=1S/C10H20N2O2/c1-9(2,14)7-12(3)8(13)10(6-11)4-5-10/h14H,4-7,11H2,1-3H3. The topological polar surface area (TPSA) is 66.6 Å². The maximum absolute atomic E-state index is 11.9. The number of rotatable bonds is 4. The second kappa shape index (κ2) is 3.51. The fourth-order valence-electron chi connectivity index (χ4n) is 1.71. The predicted octanol–water partition coefficient (Wildman–Crippen LogP) is -0.0454. The van der Waals surface area contributed by atoms with Crippen LogP contribution >= 0.6 is 0 Å². The highest BCUT2D eigenvalue weighted by Crippen LogP contribution is 2.45. The van der Waals surface area contributed by atoms with Gasteiger partial charge in [0.25, 0.3) is 0 Å². The van der Waals surface area contributed by atoms with Gasteiger partial charge in [-0.15, -0.1) is 0 Å². The third-order valence-electron chi connectivity index (χ3n) is 2.67. The molecule has 0 aliphatic heterocycles. The minimum Gasteiger partial charge on any atom is -0.389 e. The van der Waals surface area contributed by atoms with Gasteiger partial charge in [0.15, 0.2) is 0 Å². The smallest absolute Gasteiger partial charge is 0.229 e. The van der Waals surface area contributed by atoms with Crippen molar-refractivity contribution in [2.24, 2.45) is 11.1 Å². The number of hydrogen-bond acceptors (Lipinski definition) is 3. The Kier molecular flexibility index (Phi) is 2.88. The van der Waals surface area contributed by atoms with Crippen LogP contribution in [0.15, 0.2) is 0 Å². The minimum absolute atomic E-state index is 0.0714. The molecular weight excluding hydrogens is 180 g/mol. The molecule has 4 heteroatoms. The zero-order valence-corrected chi connectivity index (χ0v) is 9.21. The van der Waals surface area contributed by atoms with Gasteiger partial charge in [-0.25, -0.2) is 0 Å². The van der Waals surface area contributed by atoms with Crippen molar-refractivity contribution < 1.29 is 9.90 Å². The van der Waals surface area contributed by atoms with Crippen LogP contribution in [-0.2, 0) is 4.79 Å². The molecule has 0 bridgehead atoms. The maximum atomic E-state index is 11.9. The van der Waals surface area contributed by atoms with Crippen molar-refractivity contribution >= 4 is 5.91 Å². The number of hydrogen-bond donors (Lipinski definition) is 2. The van der Waals surface area contributed by atoms with E-state index in [0.29, 0.717) is 13.1 Å². The van der Waals surface area contributed by atoms with Crippen molar-refractivity contribution in [3.05, 3.63) is 0 Å².